The number of allylic oxidation sites excluding steroid dienone is 4. The molecule has 0 heterocycles. The van der Waals surface area contributed by atoms with Gasteiger partial charge in [0, 0.05) is 5.03 Å². The van der Waals surface area contributed by atoms with Gasteiger partial charge in [0.15, 0.2) is 0 Å². The molecule has 0 atom stereocenters. The smallest absolute Gasteiger partial charge is 0.0334 e. The molecule has 0 amide bonds. The third-order valence-corrected chi connectivity index (χ3v) is 2.73. The summed E-state index contributed by atoms with van der Waals surface area (Å²) >= 11 is 5.71. The third-order valence-electron chi connectivity index (χ3n) is 2.60. The van der Waals surface area contributed by atoms with Crippen LogP contribution in [-0.4, -0.2) is 0 Å². The molecular weight excluding hydrogens is 228 g/mol. The van der Waals surface area contributed by atoms with Crippen LogP contribution in [0.15, 0.2) is 72.8 Å². The predicted molar refractivity (Wildman–Crippen MR) is 77.1 cm³/mol. The van der Waals surface area contributed by atoms with E-state index in [2.05, 4.69) is 37.4 Å². The van der Waals surface area contributed by atoms with Gasteiger partial charge in [-0.2, -0.15) is 0 Å². The van der Waals surface area contributed by atoms with Crippen LogP contribution in [0.3, 0.4) is 0 Å². The van der Waals surface area contributed by atoms with Gasteiger partial charge in [0.05, 0.1) is 0 Å². The van der Waals surface area contributed by atoms with Crippen molar-refractivity contribution in [1.29, 1.82) is 0 Å². The van der Waals surface area contributed by atoms with Gasteiger partial charge in [-0.3, -0.25) is 0 Å². The highest BCUT2D eigenvalue weighted by Gasteiger charge is 2.01. The van der Waals surface area contributed by atoms with E-state index in [1.165, 1.54) is 10.8 Å². The zero-order valence-electron chi connectivity index (χ0n) is 9.49. The first-order valence-corrected chi connectivity index (χ1v) is 5.76. The lowest BCUT2D eigenvalue weighted by Gasteiger charge is -2.06. The fraction of sp³-hybridized carbons (Fsp3) is 0. The zero-order valence-corrected chi connectivity index (χ0v) is 10.2. The summed E-state index contributed by atoms with van der Waals surface area (Å²) in [5.74, 6) is 0. The van der Waals surface area contributed by atoms with Gasteiger partial charge in [-0.1, -0.05) is 73.3 Å². The number of rotatable bonds is 3. The second-order valence-corrected chi connectivity index (χ2v) is 4.32. The number of fused-ring (bicyclic) bond motifs is 1. The normalized spacial score (nSPS) is 10.9. The van der Waals surface area contributed by atoms with Crippen molar-refractivity contribution in [3.63, 3.8) is 0 Å². The quantitative estimate of drug-likeness (QED) is 0.650. The summed E-state index contributed by atoms with van der Waals surface area (Å²) in [7, 11) is 0. The molecule has 0 aromatic heterocycles. The Morgan fingerprint density at radius 3 is 2.41 bits per heavy atom. The predicted octanol–water partition coefficient (Wildman–Crippen LogP) is 5.16. The summed E-state index contributed by atoms with van der Waals surface area (Å²) in [5.41, 5.74) is 2.06. The second kappa shape index (κ2) is 5.03. The molecule has 2 rings (SSSR count). The van der Waals surface area contributed by atoms with E-state index in [1.807, 2.05) is 24.3 Å². The molecule has 0 nitrogen and oxygen atoms in total. The summed E-state index contributed by atoms with van der Waals surface area (Å²) in [4.78, 5) is 0. The molecular formula is C16H13Cl. The molecule has 0 aliphatic rings. The van der Waals surface area contributed by atoms with Crippen molar-refractivity contribution in [2.75, 3.05) is 0 Å². The van der Waals surface area contributed by atoms with Crippen LogP contribution < -0.4 is 0 Å². The lowest BCUT2D eigenvalue weighted by molar-refractivity contribution is 1.68. The summed E-state index contributed by atoms with van der Waals surface area (Å²) in [5, 5.41) is 2.92. The van der Waals surface area contributed by atoms with E-state index in [0.717, 1.165) is 11.1 Å². The molecule has 0 saturated heterocycles. The van der Waals surface area contributed by atoms with E-state index < -0.39 is 0 Å². The topological polar surface area (TPSA) is 0 Å². The van der Waals surface area contributed by atoms with Gasteiger partial charge in [-0.15, -0.1) is 0 Å². The molecule has 17 heavy (non-hydrogen) atoms. The van der Waals surface area contributed by atoms with Crippen LogP contribution in [0.4, 0.5) is 0 Å². The first-order valence-electron chi connectivity index (χ1n) is 5.38. The zero-order chi connectivity index (χ0) is 12.3. The summed E-state index contributed by atoms with van der Waals surface area (Å²) in [6.07, 6.45) is 3.64. The van der Waals surface area contributed by atoms with Crippen LogP contribution in [-0.2, 0) is 0 Å². The Hall–Kier alpha value is -1.79. The molecule has 0 N–H and O–H groups in total. The van der Waals surface area contributed by atoms with E-state index in [-0.39, 0.29) is 0 Å². The van der Waals surface area contributed by atoms with E-state index in [4.69, 9.17) is 11.6 Å². The minimum absolute atomic E-state index is 0.506. The first-order chi connectivity index (χ1) is 8.18. The van der Waals surface area contributed by atoms with Crippen molar-refractivity contribution >= 4 is 27.9 Å². The minimum atomic E-state index is 0.506. The van der Waals surface area contributed by atoms with Gasteiger partial charge in [0.25, 0.3) is 0 Å². The molecule has 0 fully saturated rings. The fourth-order valence-corrected chi connectivity index (χ4v) is 1.85. The van der Waals surface area contributed by atoms with Crippen molar-refractivity contribution in [3.05, 3.63) is 78.4 Å². The van der Waals surface area contributed by atoms with E-state index in [0.29, 0.717) is 5.03 Å². The van der Waals surface area contributed by atoms with E-state index in [9.17, 15) is 0 Å². The first kappa shape index (κ1) is 11.7. The highest BCUT2D eigenvalue weighted by Crippen LogP contribution is 2.25. The van der Waals surface area contributed by atoms with Crippen LogP contribution in [0.5, 0.6) is 0 Å². The number of halogens is 1. The molecule has 0 aliphatic carbocycles. The lowest BCUT2D eigenvalue weighted by atomic mass is 9.99. The molecule has 1 heteroatoms. The Morgan fingerprint density at radius 2 is 1.65 bits per heavy atom. The molecule has 2 aromatic rings. The van der Waals surface area contributed by atoms with Crippen molar-refractivity contribution in [2.24, 2.45) is 0 Å². The second-order valence-electron chi connectivity index (χ2n) is 3.83. The molecule has 84 valence electrons. The Bertz CT molecular complexity index is 600. The van der Waals surface area contributed by atoms with Gasteiger partial charge >= 0.3 is 0 Å². The maximum Gasteiger partial charge on any atom is 0.0334 e. The third kappa shape index (κ3) is 2.66. The van der Waals surface area contributed by atoms with Gasteiger partial charge in [-0.05, 0) is 28.0 Å². The Morgan fingerprint density at radius 1 is 0.941 bits per heavy atom. The summed E-state index contributed by atoms with van der Waals surface area (Å²) in [6, 6.07) is 14.4. The maximum absolute atomic E-state index is 5.71. The average Bonchev–Trinajstić information content (AvgIpc) is 2.35. The molecule has 0 aliphatic heterocycles. The average molecular weight is 241 g/mol. The molecule has 0 saturated carbocycles. The Balaban J connectivity index is 2.49. The molecule has 0 spiro atoms. The van der Waals surface area contributed by atoms with Crippen LogP contribution in [0.1, 0.15) is 5.56 Å². The minimum Gasteiger partial charge on any atom is -0.0911 e. The SMILES string of the molecule is C=C(Cl)/C=C\C(=C)c1cccc2ccccc12. The van der Waals surface area contributed by atoms with Crippen LogP contribution in [0.25, 0.3) is 16.3 Å². The lowest BCUT2D eigenvalue weighted by Crippen LogP contribution is -1.82. The van der Waals surface area contributed by atoms with E-state index >= 15 is 0 Å². The Labute approximate surface area is 107 Å². The van der Waals surface area contributed by atoms with Gasteiger partial charge in [0.2, 0.25) is 0 Å². The fourth-order valence-electron chi connectivity index (χ4n) is 1.79. The molecule has 0 bridgehead atoms. The van der Waals surface area contributed by atoms with Crippen molar-refractivity contribution < 1.29 is 0 Å². The van der Waals surface area contributed by atoms with Crippen molar-refractivity contribution in [2.45, 2.75) is 0 Å². The highest BCUT2D eigenvalue weighted by atomic mass is 35.5. The van der Waals surface area contributed by atoms with Gasteiger partial charge in [0.1, 0.15) is 0 Å². The van der Waals surface area contributed by atoms with Gasteiger partial charge < -0.3 is 0 Å². The highest BCUT2D eigenvalue weighted by molar-refractivity contribution is 6.30. The van der Waals surface area contributed by atoms with Crippen LogP contribution in [0, 0.1) is 0 Å². The molecule has 0 unspecified atom stereocenters. The number of hydrogen-bond donors (Lipinski definition) is 0. The molecule has 2 aromatic carbocycles. The van der Waals surface area contributed by atoms with E-state index in [1.54, 1.807) is 6.08 Å². The van der Waals surface area contributed by atoms with Crippen LogP contribution in [0.2, 0.25) is 0 Å². The standard InChI is InChI=1S/C16H13Cl/c1-12(10-11-13(2)17)15-9-5-7-14-6-3-4-8-16(14)15/h3-11H,1-2H2/b11-10-. The number of hydrogen-bond acceptors (Lipinski definition) is 0. The van der Waals surface area contributed by atoms with Crippen molar-refractivity contribution in [3.8, 4) is 0 Å². The Kier molecular flexibility index (Phi) is 3.46. The largest absolute Gasteiger partial charge is 0.0911 e. The maximum atomic E-state index is 5.71. The van der Waals surface area contributed by atoms with Gasteiger partial charge in [-0.25, -0.2) is 0 Å². The molecule has 0 radical (unpaired) electrons. The van der Waals surface area contributed by atoms with Crippen LogP contribution >= 0.6 is 11.6 Å². The van der Waals surface area contributed by atoms with Crippen molar-refractivity contribution in [1.82, 2.24) is 0 Å². The summed E-state index contributed by atoms with van der Waals surface area (Å²) < 4.78 is 0. The summed E-state index contributed by atoms with van der Waals surface area (Å²) in [6.45, 7) is 7.68. The monoisotopic (exact) mass is 240 g/mol. The number of benzene rings is 2.